The van der Waals surface area contributed by atoms with Crippen molar-refractivity contribution in [3.8, 4) is 5.75 Å². The van der Waals surface area contributed by atoms with Crippen LogP contribution in [0.4, 0.5) is 10.5 Å². The molecular formula is C33H41N3O5. The molecule has 0 spiro atoms. The quantitative estimate of drug-likeness (QED) is 0.319. The number of nitrogens with one attached hydrogen (secondary N) is 2. The minimum Gasteiger partial charge on any atom is -0.497 e. The van der Waals surface area contributed by atoms with E-state index in [1.807, 2.05) is 69.3 Å². The Hall–Kier alpha value is -4.33. The molecule has 0 saturated heterocycles. The molecule has 8 heteroatoms. The number of aryl methyl sites for hydroxylation is 2. The van der Waals surface area contributed by atoms with E-state index < -0.39 is 29.7 Å². The lowest BCUT2D eigenvalue weighted by Crippen LogP contribution is -2.53. The fourth-order valence-electron chi connectivity index (χ4n) is 4.56. The highest BCUT2D eigenvalue weighted by molar-refractivity contribution is 5.99. The number of rotatable bonds is 10. The maximum Gasteiger partial charge on any atom is 0.408 e. The number of nitrogens with zero attached hydrogens (tertiary/aromatic N) is 1. The third-order valence-electron chi connectivity index (χ3n) is 6.54. The minimum absolute atomic E-state index is 0.230. The lowest BCUT2D eigenvalue weighted by molar-refractivity contribution is -0.140. The Balaban J connectivity index is 2.02. The molecule has 2 atom stereocenters. The summed E-state index contributed by atoms with van der Waals surface area (Å²) in [6.45, 7) is 11.2. The van der Waals surface area contributed by atoms with Crippen molar-refractivity contribution < 1.29 is 23.9 Å². The molecular weight excluding hydrogens is 518 g/mol. The summed E-state index contributed by atoms with van der Waals surface area (Å²) in [6, 6.07) is 20.4. The molecule has 2 N–H and O–H groups in total. The number of anilines is 1. The summed E-state index contributed by atoms with van der Waals surface area (Å²) < 4.78 is 10.7. The number of carbonyl (C=O) groups is 3. The second-order valence-electron chi connectivity index (χ2n) is 11.0. The molecule has 0 aliphatic rings. The lowest BCUT2D eigenvalue weighted by Gasteiger charge is -2.34. The molecule has 0 radical (unpaired) electrons. The van der Waals surface area contributed by atoms with Gasteiger partial charge in [-0.3, -0.25) is 9.59 Å². The largest absolute Gasteiger partial charge is 0.497 e. The van der Waals surface area contributed by atoms with Gasteiger partial charge < -0.3 is 25.0 Å². The molecule has 2 unspecified atom stereocenters. The van der Waals surface area contributed by atoms with Crippen LogP contribution in [-0.2, 0) is 20.7 Å². The number of carbonyl (C=O) groups excluding carboxylic acids is 3. The van der Waals surface area contributed by atoms with Crippen LogP contribution in [0, 0.1) is 13.8 Å². The zero-order valence-electron chi connectivity index (χ0n) is 25.0. The van der Waals surface area contributed by atoms with Crippen molar-refractivity contribution in [2.75, 3.05) is 19.0 Å². The van der Waals surface area contributed by atoms with Gasteiger partial charge in [-0.25, -0.2) is 4.79 Å². The van der Waals surface area contributed by atoms with Crippen LogP contribution in [0.2, 0.25) is 0 Å². The average Bonchev–Trinajstić information content (AvgIpc) is 2.92. The molecule has 3 amide bonds. The van der Waals surface area contributed by atoms with Crippen LogP contribution in [0.1, 0.15) is 56.0 Å². The summed E-state index contributed by atoms with van der Waals surface area (Å²) in [5.74, 6) is -0.0933. The van der Waals surface area contributed by atoms with E-state index in [0.717, 1.165) is 16.7 Å². The smallest absolute Gasteiger partial charge is 0.408 e. The van der Waals surface area contributed by atoms with Crippen LogP contribution in [-0.4, -0.2) is 48.1 Å². The second kappa shape index (κ2) is 13.8. The van der Waals surface area contributed by atoms with E-state index in [4.69, 9.17) is 9.47 Å². The normalized spacial score (nSPS) is 12.6. The van der Waals surface area contributed by atoms with E-state index in [0.29, 0.717) is 17.0 Å². The van der Waals surface area contributed by atoms with Gasteiger partial charge in [0.05, 0.1) is 7.11 Å². The van der Waals surface area contributed by atoms with Crippen LogP contribution >= 0.6 is 0 Å². The number of methoxy groups -OCH3 is 1. The third kappa shape index (κ3) is 8.83. The van der Waals surface area contributed by atoms with Gasteiger partial charge in [0.2, 0.25) is 5.91 Å². The van der Waals surface area contributed by atoms with E-state index in [2.05, 4.69) is 10.6 Å². The lowest BCUT2D eigenvalue weighted by atomic mass is 9.95. The summed E-state index contributed by atoms with van der Waals surface area (Å²) in [7, 11) is 1.58. The van der Waals surface area contributed by atoms with Crippen LogP contribution in [0.5, 0.6) is 5.75 Å². The first-order chi connectivity index (χ1) is 19.4. The zero-order chi connectivity index (χ0) is 30.2. The Morgan fingerprint density at radius 1 is 0.927 bits per heavy atom. The highest BCUT2D eigenvalue weighted by Gasteiger charge is 2.36. The maximum absolute atomic E-state index is 14.3. The van der Waals surface area contributed by atoms with Gasteiger partial charge in [-0.1, -0.05) is 54.1 Å². The summed E-state index contributed by atoms with van der Waals surface area (Å²) in [4.78, 5) is 42.6. The molecule has 3 rings (SSSR count). The molecule has 41 heavy (non-hydrogen) atoms. The van der Waals surface area contributed by atoms with Crippen molar-refractivity contribution >= 4 is 23.6 Å². The number of likely N-dealkylation sites (N-methyl/N-ethyl adjacent to an activating group) is 1. The fourth-order valence-corrected chi connectivity index (χ4v) is 4.56. The summed E-state index contributed by atoms with van der Waals surface area (Å²) in [6.07, 6.45) is -0.469. The summed E-state index contributed by atoms with van der Waals surface area (Å²) in [5, 5.41) is 5.74. The van der Waals surface area contributed by atoms with E-state index in [9.17, 15) is 14.4 Å². The number of hydrogen-bond acceptors (Lipinski definition) is 5. The fraction of sp³-hybridized carbons (Fsp3) is 0.364. The van der Waals surface area contributed by atoms with Crippen LogP contribution < -0.4 is 15.4 Å². The number of benzene rings is 3. The molecule has 218 valence electrons. The molecule has 8 nitrogen and oxygen atoms in total. The molecule has 3 aromatic rings. The Morgan fingerprint density at radius 2 is 1.59 bits per heavy atom. The first-order valence-electron chi connectivity index (χ1n) is 13.8. The maximum atomic E-state index is 14.3. The predicted molar refractivity (Wildman–Crippen MR) is 161 cm³/mol. The Bertz CT molecular complexity index is 1330. The van der Waals surface area contributed by atoms with Gasteiger partial charge in [-0.05, 0) is 82.5 Å². The number of amides is 3. The number of ether oxygens (including phenoxy) is 2. The number of alkyl carbamates (subject to hydrolysis) is 1. The molecule has 0 heterocycles. The molecule has 0 fully saturated rings. The van der Waals surface area contributed by atoms with Crippen molar-refractivity contribution in [2.24, 2.45) is 0 Å². The second-order valence-corrected chi connectivity index (χ2v) is 11.0. The van der Waals surface area contributed by atoms with Gasteiger partial charge in [0, 0.05) is 18.7 Å². The highest BCUT2D eigenvalue weighted by atomic mass is 16.6. The van der Waals surface area contributed by atoms with Crippen molar-refractivity contribution in [2.45, 2.75) is 65.6 Å². The van der Waals surface area contributed by atoms with E-state index in [-0.39, 0.29) is 18.9 Å². The first kappa shape index (κ1) is 31.2. The monoisotopic (exact) mass is 559 g/mol. The predicted octanol–water partition coefficient (Wildman–Crippen LogP) is 5.98. The van der Waals surface area contributed by atoms with Crippen LogP contribution in [0.25, 0.3) is 0 Å². The molecule has 0 aliphatic heterocycles. The van der Waals surface area contributed by atoms with E-state index in [1.54, 1.807) is 52.1 Å². The molecule has 0 bridgehead atoms. The van der Waals surface area contributed by atoms with Crippen molar-refractivity contribution in [3.63, 3.8) is 0 Å². The summed E-state index contributed by atoms with van der Waals surface area (Å²) >= 11 is 0. The van der Waals surface area contributed by atoms with Gasteiger partial charge in [0.1, 0.15) is 23.4 Å². The standard InChI is InChI=1S/C33H41N3O5/c1-8-36(31(38)28(21-24-12-10-9-11-13-24)35-32(39)41-33(4,5)6)29(27-20-22(2)14-15-23(27)3)30(37)34-25-16-18-26(40-7)19-17-25/h9-20,28-29H,8,21H2,1-7H3,(H,34,37)(H,35,39). The topological polar surface area (TPSA) is 97.0 Å². The molecule has 0 aromatic heterocycles. The molecule has 0 saturated carbocycles. The van der Waals surface area contributed by atoms with Gasteiger partial charge >= 0.3 is 6.09 Å². The Morgan fingerprint density at radius 3 is 2.17 bits per heavy atom. The van der Waals surface area contributed by atoms with Crippen molar-refractivity contribution in [1.29, 1.82) is 0 Å². The van der Waals surface area contributed by atoms with Crippen LogP contribution in [0.15, 0.2) is 72.8 Å². The van der Waals surface area contributed by atoms with Crippen molar-refractivity contribution in [1.82, 2.24) is 10.2 Å². The first-order valence-corrected chi connectivity index (χ1v) is 13.8. The van der Waals surface area contributed by atoms with Crippen molar-refractivity contribution in [3.05, 3.63) is 95.1 Å². The third-order valence-corrected chi connectivity index (χ3v) is 6.54. The van der Waals surface area contributed by atoms with Gasteiger partial charge in [-0.15, -0.1) is 0 Å². The van der Waals surface area contributed by atoms with Gasteiger partial charge in [0.15, 0.2) is 0 Å². The average molecular weight is 560 g/mol. The Kier molecular flexibility index (Phi) is 10.5. The summed E-state index contributed by atoms with van der Waals surface area (Å²) in [5.41, 5.74) is 3.24. The SMILES string of the molecule is CCN(C(=O)C(Cc1ccccc1)NC(=O)OC(C)(C)C)C(C(=O)Nc1ccc(OC)cc1)c1cc(C)ccc1C. The van der Waals surface area contributed by atoms with Gasteiger partial charge in [-0.2, -0.15) is 0 Å². The van der Waals surface area contributed by atoms with E-state index >= 15 is 0 Å². The highest BCUT2D eigenvalue weighted by Crippen LogP contribution is 2.28. The Labute approximate surface area is 243 Å². The molecule has 3 aromatic carbocycles. The minimum atomic E-state index is -0.964. The van der Waals surface area contributed by atoms with Gasteiger partial charge in [0.25, 0.3) is 5.91 Å². The van der Waals surface area contributed by atoms with E-state index in [1.165, 1.54) is 4.90 Å². The van der Waals surface area contributed by atoms with Crippen LogP contribution in [0.3, 0.4) is 0 Å². The number of hydrogen-bond donors (Lipinski definition) is 2. The molecule has 0 aliphatic carbocycles. The zero-order valence-corrected chi connectivity index (χ0v) is 25.0.